The van der Waals surface area contributed by atoms with Gasteiger partial charge in [-0.1, -0.05) is 62.4 Å². The van der Waals surface area contributed by atoms with Gasteiger partial charge in [0, 0.05) is 6.54 Å². The van der Waals surface area contributed by atoms with E-state index < -0.39 is 6.04 Å². The van der Waals surface area contributed by atoms with E-state index in [1.54, 1.807) is 0 Å². The summed E-state index contributed by atoms with van der Waals surface area (Å²) in [5.74, 6) is 0.726. The number of nitrogens with one attached hydrogen (secondary N) is 1. The Kier molecular flexibility index (Phi) is 5.40. The molecular weight excluding hydrogens is 236 g/mol. The normalized spacial score (nSPS) is 17.9. The summed E-state index contributed by atoms with van der Waals surface area (Å²) < 4.78 is 0. The average Bonchev–Trinajstić information content (AvgIpc) is 2.48. The topological polar surface area (TPSA) is 55.1 Å². The van der Waals surface area contributed by atoms with Crippen LogP contribution in [0.4, 0.5) is 0 Å². The SMILES string of the molecule is NC(C(=O)NCCC1CCCCC1)c1ccccc1. The number of hydrogen-bond acceptors (Lipinski definition) is 2. The van der Waals surface area contributed by atoms with Crippen LogP contribution in [0.15, 0.2) is 30.3 Å². The fourth-order valence-electron chi connectivity index (χ4n) is 2.80. The number of benzene rings is 1. The Balaban J connectivity index is 1.72. The monoisotopic (exact) mass is 260 g/mol. The largest absolute Gasteiger partial charge is 0.354 e. The fraction of sp³-hybridized carbons (Fsp3) is 0.562. The molecule has 104 valence electrons. The maximum atomic E-state index is 11.9. The van der Waals surface area contributed by atoms with Gasteiger partial charge in [0.2, 0.25) is 5.91 Å². The first-order valence-electron chi connectivity index (χ1n) is 7.35. The second kappa shape index (κ2) is 7.29. The number of carbonyl (C=O) groups is 1. The lowest BCUT2D eigenvalue weighted by atomic mass is 9.87. The molecule has 3 N–H and O–H groups in total. The van der Waals surface area contributed by atoms with Gasteiger partial charge in [0.15, 0.2) is 0 Å². The predicted molar refractivity (Wildman–Crippen MR) is 77.6 cm³/mol. The van der Waals surface area contributed by atoms with Gasteiger partial charge in [-0.05, 0) is 17.9 Å². The molecule has 1 fully saturated rings. The van der Waals surface area contributed by atoms with Crippen LogP contribution < -0.4 is 11.1 Å². The van der Waals surface area contributed by atoms with Gasteiger partial charge < -0.3 is 11.1 Å². The third-order valence-corrected chi connectivity index (χ3v) is 4.02. The van der Waals surface area contributed by atoms with Crippen molar-refractivity contribution in [1.29, 1.82) is 0 Å². The fourth-order valence-corrected chi connectivity index (χ4v) is 2.80. The smallest absolute Gasteiger partial charge is 0.241 e. The number of carbonyl (C=O) groups excluding carboxylic acids is 1. The highest BCUT2D eigenvalue weighted by Crippen LogP contribution is 2.25. The molecule has 0 radical (unpaired) electrons. The van der Waals surface area contributed by atoms with E-state index in [1.807, 2.05) is 30.3 Å². The van der Waals surface area contributed by atoms with E-state index in [0.29, 0.717) is 0 Å². The molecule has 1 aliphatic carbocycles. The lowest BCUT2D eigenvalue weighted by molar-refractivity contribution is -0.122. The van der Waals surface area contributed by atoms with E-state index in [2.05, 4.69) is 5.32 Å². The van der Waals surface area contributed by atoms with Crippen molar-refractivity contribution in [3.05, 3.63) is 35.9 Å². The van der Waals surface area contributed by atoms with Crippen molar-refractivity contribution in [2.75, 3.05) is 6.54 Å². The van der Waals surface area contributed by atoms with Crippen LogP contribution in [0.1, 0.15) is 50.1 Å². The first-order chi connectivity index (χ1) is 9.27. The summed E-state index contributed by atoms with van der Waals surface area (Å²) in [5, 5.41) is 2.96. The molecule has 19 heavy (non-hydrogen) atoms. The lowest BCUT2D eigenvalue weighted by Crippen LogP contribution is -2.35. The molecule has 1 aromatic rings. The Bertz CT molecular complexity index is 385. The molecule has 1 unspecified atom stereocenters. The highest BCUT2D eigenvalue weighted by molar-refractivity contribution is 5.82. The van der Waals surface area contributed by atoms with Crippen LogP contribution >= 0.6 is 0 Å². The second-order valence-corrected chi connectivity index (χ2v) is 5.47. The molecule has 0 bridgehead atoms. The number of amides is 1. The van der Waals surface area contributed by atoms with Gasteiger partial charge in [-0.3, -0.25) is 4.79 Å². The molecule has 1 atom stereocenters. The van der Waals surface area contributed by atoms with Gasteiger partial charge in [0.05, 0.1) is 0 Å². The lowest BCUT2D eigenvalue weighted by Gasteiger charge is -2.21. The molecule has 0 aliphatic heterocycles. The highest BCUT2D eigenvalue weighted by Gasteiger charge is 2.16. The Morgan fingerprint density at radius 1 is 1.21 bits per heavy atom. The number of hydrogen-bond donors (Lipinski definition) is 2. The first kappa shape index (κ1) is 14.1. The van der Waals surface area contributed by atoms with Crippen molar-refractivity contribution < 1.29 is 4.79 Å². The summed E-state index contributed by atoms with van der Waals surface area (Å²) >= 11 is 0. The molecule has 1 aliphatic rings. The van der Waals surface area contributed by atoms with E-state index in [0.717, 1.165) is 24.4 Å². The van der Waals surface area contributed by atoms with Gasteiger partial charge in [-0.2, -0.15) is 0 Å². The van der Waals surface area contributed by atoms with E-state index in [9.17, 15) is 4.79 Å². The Morgan fingerprint density at radius 3 is 2.58 bits per heavy atom. The molecule has 0 aromatic heterocycles. The van der Waals surface area contributed by atoms with Gasteiger partial charge in [-0.25, -0.2) is 0 Å². The maximum absolute atomic E-state index is 11.9. The average molecular weight is 260 g/mol. The maximum Gasteiger partial charge on any atom is 0.241 e. The minimum absolute atomic E-state index is 0.0676. The van der Waals surface area contributed by atoms with Gasteiger partial charge in [0.1, 0.15) is 6.04 Å². The summed E-state index contributed by atoms with van der Waals surface area (Å²) in [6.07, 6.45) is 7.81. The molecule has 0 heterocycles. The summed E-state index contributed by atoms with van der Waals surface area (Å²) in [6, 6.07) is 8.98. The zero-order chi connectivity index (χ0) is 13.5. The van der Waals surface area contributed by atoms with Crippen molar-refractivity contribution in [2.24, 2.45) is 11.7 Å². The standard InChI is InChI=1S/C16H24N2O/c17-15(14-9-5-2-6-10-14)16(19)18-12-11-13-7-3-1-4-8-13/h2,5-6,9-10,13,15H,1,3-4,7-8,11-12,17H2,(H,18,19). The molecule has 3 nitrogen and oxygen atoms in total. The van der Waals surface area contributed by atoms with Crippen molar-refractivity contribution in [2.45, 2.75) is 44.6 Å². The Hall–Kier alpha value is -1.35. The summed E-state index contributed by atoms with van der Waals surface area (Å²) in [4.78, 5) is 11.9. The summed E-state index contributed by atoms with van der Waals surface area (Å²) in [5.41, 5.74) is 6.82. The van der Waals surface area contributed by atoms with Crippen molar-refractivity contribution in [1.82, 2.24) is 5.32 Å². The molecule has 0 spiro atoms. The quantitative estimate of drug-likeness (QED) is 0.855. The third kappa shape index (κ3) is 4.35. The van der Waals surface area contributed by atoms with Crippen molar-refractivity contribution >= 4 is 5.91 Å². The molecule has 1 amide bonds. The molecule has 1 aromatic carbocycles. The van der Waals surface area contributed by atoms with E-state index in [-0.39, 0.29) is 5.91 Å². The van der Waals surface area contributed by atoms with Gasteiger partial charge in [-0.15, -0.1) is 0 Å². The first-order valence-corrected chi connectivity index (χ1v) is 7.35. The van der Waals surface area contributed by atoms with E-state index in [1.165, 1.54) is 32.1 Å². The van der Waals surface area contributed by atoms with Crippen LogP contribution in [-0.4, -0.2) is 12.5 Å². The molecule has 1 saturated carbocycles. The minimum atomic E-state index is -0.549. The molecular formula is C16H24N2O. The number of rotatable bonds is 5. The van der Waals surface area contributed by atoms with Gasteiger partial charge in [0.25, 0.3) is 0 Å². The zero-order valence-corrected chi connectivity index (χ0v) is 11.5. The van der Waals surface area contributed by atoms with Crippen LogP contribution in [-0.2, 0) is 4.79 Å². The predicted octanol–water partition coefficient (Wildman–Crippen LogP) is 2.77. The van der Waals surface area contributed by atoms with E-state index >= 15 is 0 Å². The van der Waals surface area contributed by atoms with E-state index in [4.69, 9.17) is 5.73 Å². The number of nitrogens with two attached hydrogens (primary N) is 1. The molecule has 2 rings (SSSR count). The summed E-state index contributed by atoms with van der Waals surface area (Å²) in [6.45, 7) is 0.754. The Labute approximate surface area is 115 Å². The molecule has 3 heteroatoms. The second-order valence-electron chi connectivity index (χ2n) is 5.47. The van der Waals surface area contributed by atoms with Crippen LogP contribution in [0.25, 0.3) is 0 Å². The summed E-state index contributed by atoms with van der Waals surface area (Å²) in [7, 11) is 0. The minimum Gasteiger partial charge on any atom is -0.354 e. The molecule has 0 saturated heterocycles. The van der Waals surface area contributed by atoms with Crippen LogP contribution in [0.2, 0.25) is 0 Å². The van der Waals surface area contributed by atoms with Crippen LogP contribution in [0, 0.1) is 5.92 Å². The zero-order valence-electron chi connectivity index (χ0n) is 11.5. The van der Waals surface area contributed by atoms with Crippen LogP contribution in [0.5, 0.6) is 0 Å². The van der Waals surface area contributed by atoms with Crippen molar-refractivity contribution in [3.8, 4) is 0 Å². The Morgan fingerprint density at radius 2 is 1.89 bits per heavy atom. The van der Waals surface area contributed by atoms with Gasteiger partial charge >= 0.3 is 0 Å². The van der Waals surface area contributed by atoms with Crippen LogP contribution in [0.3, 0.4) is 0 Å². The van der Waals surface area contributed by atoms with Crippen molar-refractivity contribution in [3.63, 3.8) is 0 Å². The third-order valence-electron chi connectivity index (χ3n) is 4.02. The highest BCUT2D eigenvalue weighted by atomic mass is 16.2.